The zero-order valence-electron chi connectivity index (χ0n) is 15.1. The molecule has 1 aromatic heterocycles. The van der Waals surface area contributed by atoms with Crippen LogP contribution in [-0.4, -0.2) is 23.2 Å². The van der Waals surface area contributed by atoms with Gasteiger partial charge in [0, 0.05) is 24.1 Å². The van der Waals surface area contributed by atoms with Gasteiger partial charge >= 0.3 is 0 Å². The number of fused-ring (bicyclic) bond motifs is 1. The molecule has 1 unspecified atom stereocenters. The maximum absolute atomic E-state index is 12.8. The van der Waals surface area contributed by atoms with Crippen molar-refractivity contribution in [3.63, 3.8) is 0 Å². The Morgan fingerprint density at radius 2 is 2.00 bits per heavy atom. The van der Waals surface area contributed by atoms with Crippen molar-refractivity contribution in [2.75, 3.05) is 13.7 Å². The highest BCUT2D eigenvalue weighted by Gasteiger charge is 2.21. The first-order chi connectivity index (χ1) is 11.9. The first kappa shape index (κ1) is 18.8. The fourth-order valence-electron chi connectivity index (χ4n) is 2.95. The van der Waals surface area contributed by atoms with Crippen LogP contribution in [0.4, 0.5) is 5.69 Å². The molecule has 0 radical (unpaired) electrons. The summed E-state index contributed by atoms with van der Waals surface area (Å²) in [5, 5.41) is 11.7. The van der Waals surface area contributed by atoms with Crippen molar-refractivity contribution in [3.8, 4) is 11.5 Å². The number of hydrogen-bond acceptors (Lipinski definition) is 5. The minimum atomic E-state index is -0.479. The summed E-state index contributed by atoms with van der Waals surface area (Å²) in [6, 6.07) is 4.39. The molecule has 1 atom stereocenters. The van der Waals surface area contributed by atoms with Crippen molar-refractivity contribution < 1.29 is 14.4 Å². The van der Waals surface area contributed by atoms with Crippen molar-refractivity contribution >= 4 is 16.6 Å². The van der Waals surface area contributed by atoms with Gasteiger partial charge in [-0.15, -0.1) is 0 Å². The van der Waals surface area contributed by atoms with E-state index in [0.29, 0.717) is 35.7 Å². The number of nitro groups is 1. The van der Waals surface area contributed by atoms with E-state index in [-0.39, 0.29) is 17.0 Å². The standard InChI is InChI=1S/C18H24N2O5/c1-5-7-12(3)11-25-17-16(24-4)14-9-8-13(20(22)23)10-15(14)19(6-2)18(17)21/h8-10,12H,5-7,11H2,1-4H3. The first-order valence-corrected chi connectivity index (χ1v) is 8.46. The minimum Gasteiger partial charge on any atom is -0.492 e. The Kier molecular flexibility index (Phi) is 6.01. The highest BCUT2D eigenvalue weighted by molar-refractivity contribution is 5.89. The first-order valence-electron chi connectivity index (χ1n) is 8.46. The molecular formula is C18H24N2O5. The molecule has 1 aromatic carbocycles. The van der Waals surface area contributed by atoms with Gasteiger partial charge in [-0.1, -0.05) is 20.3 Å². The molecule has 0 fully saturated rings. The quantitative estimate of drug-likeness (QED) is 0.536. The van der Waals surface area contributed by atoms with Gasteiger partial charge in [0.05, 0.1) is 24.2 Å². The van der Waals surface area contributed by atoms with Gasteiger partial charge in [0.25, 0.3) is 11.2 Å². The van der Waals surface area contributed by atoms with E-state index in [4.69, 9.17) is 9.47 Å². The molecule has 0 saturated carbocycles. The van der Waals surface area contributed by atoms with Crippen LogP contribution in [-0.2, 0) is 6.54 Å². The summed E-state index contributed by atoms with van der Waals surface area (Å²) in [5.74, 6) is 0.800. The van der Waals surface area contributed by atoms with Crippen molar-refractivity contribution in [3.05, 3.63) is 38.7 Å². The summed E-state index contributed by atoms with van der Waals surface area (Å²) in [5.41, 5.74) is 0.0601. The third-order valence-electron chi connectivity index (χ3n) is 4.19. The molecule has 7 nitrogen and oxygen atoms in total. The Labute approximate surface area is 146 Å². The fraction of sp³-hybridized carbons (Fsp3) is 0.500. The van der Waals surface area contributed by atoms with Crippen molar-refractivity contribution in [2.24, 2.45) is 5.92 Å². The number of rotatable bonds is 8. The molecule has 0 aliphatic heterocycles. The van der Waals surface area contributed by atoms with Crippen LogP contribution in [0.25, 0.3) is 10.9 Å². The number of aryl methyl sites for hydroxylation is 1. The van der Waals surface area contributed by atoms with E-state index in [9.17, 15) is 14.9 Å². The molecule has 0 N–H and O–H groups in total. The van der Waals surface area contributed by atoms with Gasteiger partial charge in [-0.2, -0.15) is 0 Å². The van der Waals surface area contributed by atoms with E-state index in [1.807, 2.05) is 6.92 Å². The topological polar surface area (TPSA) is 83.6 Å². The summed E-state index contributed by atoms with van der Waals surface area (Å²) in [4.78, 5) is 23.4. The maximum Gasteiger partial charge on any atom is 0.297 e. The Morgan fingerprint density at radius 3 is 2.56 bits per heavy atom. The van der Waals surface area contributed by atoms with Gasteiger partial charge < -0.3 is 14.0 Å². The third kappa shape index (κ3) is 3.75. The van der Waals surface area contributed by atoms with Crippen molar-refractivity contribution in [1.29, 1.82) is 0 Å². The van der Waals surface area contributed by atoms with E-state index < -0.39 is 4.92 Å². The van der Waals surface area contributed by atoms with Crippen LogP contribution in [0.2, 0.25) is 0 Å². The molecule has 1 heterocycles. The van der Waals surface area contributed by atoms with Gasteiger partial charge in [0.1, 0.15) is 0 Å². The normalized spacial score (nSPS) is 12.2. The van der Waals surface area contributed by atoms with Gasteiger partial charge in [-0.3, -0.25) is 14.9 Å². The van der Waals surface area contributed by atoms with Gasteiger partial charge in [0.2, 0.25) is 5.75 Å². The molecule has 0 bridgehead atoms. The fourth-order valence-corrected chi connectivity index (χ4v) is 2.95. The van der Waals surface area contributed by atoms with E-state index in [0.717, 1.165) is 12.8 Å². The number of benzene rings is 1. The van der Waals surface area contributed by atoms with E-state index in [2.05, 4.69) is 13.8 Å². The highest BCUT2D eigenvalue weighted by Crippen LogP contribution is 2.34. The zero-order chi connectivity index (χ0) is 18.6. The molecule has 25 heavy (non-hydrogen) atoms. The van der Waals surface area contributed by atoms with E-state index >= 15 is 0 Å². The maximum atomic E-state index is 12.8. The van der Waals surface area contributed by atoms with Gasteiger partial charge in [0.15, 0.2) is 5.75 Å². The second-order valence-electron chi connectivity index (χ2n) is 6.08. The Balaban J connectivity index is 2.62. The predicted octanol–water partition coefficient (Wildman–Crippen LogP) is 3.75. The van der Waals surface area contributed by atoms with Crippen molar-refractivity contribution in [1.82, 2.24) is 4.57 Å². The summed E-state index contributed by atoms with van der Waals surface area (Å²) in [6.45, 7) is 6.78. The summed E-state index contributed by atoms with van der Waals surface area (Å²) >= 11 is 0. The second-order valence-corrected chi connectivity index (χ2v) is 6.08. The number of pyridine rings is 1. The minimum absolute atomic E-state index is 0.0682. The zero-order valence-corrected chi connectivity index (χ0v) is 15.1. The molecule has 0 amide bonds. The number of ether oxygens (including phenoxy) is 2. The van der Waals surface area contributed by atoms with Crippen LogP contribution in [0, 0.1) is 16.0 Å². The summed E-state index contributed by atoms with van der Waals surface area (Å²) in [6.07, 6.45) is 2.05. The summed E-state index contributed by atoms with van der Waals surface area (Å²) < 4.78 is 12.7. The Hall–Kier alpha value is -2.57. The van der Waals surface area contributed by atoms with Gasteiger partial charge in [-0.05, 0) is 25.3 Å². The van der Waals surface area contributed by atoms with Gasteiger partial charge in [-0.25, -0.2) is 0 Å². The number of nitro benzene ring substituents is 1. The molecule has 0 aliphatic carbocycles. The largest absolute Gasteiger partial charge is 0.492 e. The monoisotopic (exact) mass is 348 g/mol. The smallest absolute Gasteiger partial charge is 0.297 e. The van der Waals surface area contributed by atoms with Crippen LogP contribution in [0.15, 0.2) is 23.0 Å². The van der Waals surface area contributed by atoms with E-state index in [1.54, 1.807) is 6.07 Å². The average Bonchev–Trinajstić information content (AvgIpc) is 2.59. The average molecular weight is 348 g/mol. The number of hydrogen-bond donors (Lipinski definition) is 0. The molecular weight excluding hydrogens is 324 g/mol. The second kappa shape index (κ2) is 8.00. The lowest BCUT2D eigenvalue weighted by atomic mass is 10.1. The summed E-state index contributed by atoms with van der Waals surface area (Å²) in [7, 11) is 1.47. The molecule has 0 saturated heterocycles. The van der Waals surface area contributed by atoms with Crippen LogP contribution in [0.3, 0.4) is 0 Å². The lowest BCUT2D eigenvalue weighted by Gasteiger charge is -2.18. The molecule has 2 aromatic rings. The Morgan fingerprint density at radius 1 is 1.28 bits per heavy atom. The number of non-ortho nitro benzene ring substituents is 1. The number of methoxy groups -OCH3 is 1. The molecule has 7 heteroatoms. The third-order valence-corrected chi connectivity index (χ3v) is 4.19. The van der Waals surface area contributed by atoms with Crippen LogP contribution in [0.1, 0.15) is 33.6 Å². The lowest BCUT2D eigenvalue weighted by Crippen LogP contribution is -2.24. The van der Waals surface area contributed by atoms with Crippen LogP contribution in [0.5, 0.6) is 11.5 Å². The predicted molar refractivity (Wildman–Crippen MR) is 96.7 cm³/mol. The SMILES string of the molecule is CCCC(C)COc1c(OC)c2ccc([N+](=O)[O-])cc2n(CC)c1=O. The molecule has 136 valence electrons. The molecule has 2 rings (SSSR count). The lowest BCUT2D eigenvalue weighted by molar-refractivity contribution is -0.384. The van der Waals surface area contributed by atoms with E-state index in [1.165, 1.54) is 23.8 Å². The molecule has 0 spiro atoms. The number of aromatic nitrogens is 1. The Bertz CT molecular complexity index is 828. The van der Waals surface area contributed by atoms with Crippen molar-refractivity contribution in [2.45, 2.75) is 40.2 Å². The molecule has 0 aliphatic rings. The number of nitrogens with zero attached hydrogens (tertiary/aromatic N) is 2. The van der Waals surface area contributed by atoms with Crippen LogP contribution >= 0.6 is 0 Å². The highest BCUT2D eigenvalue weighted by atomic mass is 16.6. The van der Waals surface area contributed by atoms with Crippen LogP contribution < -0.4 is 15.0 Å².